The summed E-state index contributed by atoms with van der Waals surface area (Å²) in [7, 11) is 1.45. The van der Waals surface area contributed by atoms with Crippen molar-refractivity contribution in [3.8, 4) is 0 Å². The van der Waals surface area contributed by atoms with Crippen LogP contribution < -0.4 is 0 Å². The van der Waals surface area contributed by atoms with E-state index < -0.39 is 5.79 Å². The molecule has 0 aromatic rings. The highest BCUT2D eigenvalue weighted by Gasteiger charge is 2.41. The zero-order valence-electron chi connectivity index (χ0n) is 10.2. The molecule has 3 unspecified atom stereocenters. The first kappa shape index (κ1) is 11.9. The highest BCUT2D eigenvalue weighted by Crippen LogP contribution is 2.38. The van der Waals surface area contributed by atoms with Gasteiger partial charge in [-0.1, -0.05) is 0 Å². The number of fused-ring (bicyclic) bond motifs is 1. The first-order valence-electron chi connectivity index (χ1n) is 5.91. The first-order chi connectivity index (χ1) is 7.52. The van der Waals surface area contributed by atoms with Crippen molar-refractivity contribution in [2.45, 2.75) is 45.0 Å². The molecule has 0 spiro atoms. The van der Waals surface area contributed by atoms with E-state index in [1.54, 1.807) is 0 Å². The van der Waals surface area contributed by atoms with Crippen LogP contribution in [0.2, 0.25) is 0 Å². The predicted molar refractivity (Wildman–Crippen MR) is 57.8 cm³/mol. The summed E-state index contributed by atoms with van der Waals surface area (Å²) < 4.78 is 16.3. The van der Waals surface area contributed by atoms with E-state index in [0.717, 1.165) is 19.3 Å². The summed E-state index contributed by atoms with van der Waals surface area (Å²) in [6.07, 6.45) is 2.86. The Kier molecular flexibility index (Phi) is 3.22. The molecule has 0 bridgehead atoms. The monoisotopic (exact) mass is 228 g/mol. The molecule has 0 aromatic carbocycles. The van der Waals surface area contributed by atoms with Crippen LogP contribution in [0.1, 0.15) is 33.1 Å². The second-order valence-corrected chi connectivity index (χ2v) is 5.16. The fourth-order valence-electron chi connectivity index (χ4n) is 2.65. The standard InChI is InChI=1S/C12H20O4/c1-12(2)15-7-9-6-8(11(13)14-3)4-5-10(9)16-12/h8-10H,4-7H2,1-3H3. The summed E-state index contributed by atoms with van der Waals surface area (Å²) in [5, 5.41) is 0. The Bertz CT molecular complexity index is 274. The van der Waals surface area contributed by atoms with Gasteiger partial charge in [-0.05, 0) is 33.1 Å². The number of hydrogen-bond acceptors (Lipinski definition) is 4. The van der Waals surface area contributed by atoms with Gasteiger partial charge in [-0.2, -0.15) is 0 Å². The molecule has 0 amide bonds. The van der Waals surface area contributed by atoms with Crippen molar-refractivity contribution < 1.29 is 19.0 Å². The van der Waals surface area contributed by atoms with Crippen molar-refractivity contribution in [1.29, 1.82) is 0 Å². The third-order valence-electron chi connectivity index (χ3n) is 3.53. The van der Waals surface area contributed by atoms with Crippen molar-refractivity contribution in [3.63, 3.8) is 0 Å². The maximum absolute atomic E-state index is 11.5. The number of methoxy groups -OCH3 is 1. The summed E-state index contributed by atoms with van der Waals surface area (Å²) in [4.78, 5) is 11.5. The minimum atomic E-state index is -0.473. The summed E-state index contributed by atoms with van der Waals surface area (Å²) in [6, 6.07) is 0. The summed E-state index contributed by atoms with van der Waals surface area (Å²) in [6.45, 7) is 4.57. The van der Waals surface area contributed by atoms with E-state index >= 15 is 0 Å². The van der Waals surface area contributed by atoms with Crippen molar-refractivity contribution in [3.05, 3.63) is 0 Å². The topological polar surface area (TPSA) is 44.8 Å². The summed E-state index contributed by atoms with van der Waals surface area (Å²) in [5.41, 5.74) is 0. The van der Waals surface area contributed by atoms with Gasteiger partial charge in [-0.3, -0.25) is 4.79 Å². The second kappa shape index (κ2) is 4.34. The minimum Gasteiger partial charge on any atom is -0.469 e. The van der Waals surface area contributed by atoms with Gasteiger partial charge in [-0.25, -0.2) is 0 Å². The lowest BCUT2D eigenvalue weighted by atomic mass is 9.79. The molecule has 1 saturated carbocycles. The van der Waals surface area contributed by atoms with Crippen molar-refractivity contribution >= 4 is 5.97 Å². The van der Waals surface area contributed by atoms with E-state index in [9.17, 15) is 4.79 Å². The van der Waals surface area contributed by atoms with Crippen molar-refractivity contribution in [2.75, 3.05) is 13.7 Å². The third-order valence-corrected chi connectivity index (χ3v) is 3.53. The molecule has 0 radical (unpaired) electrons. The molecule has 16 heavy (non-hydrogen) atoms. The smallest absolute Gasteiger partial charge is 0.308 e. The number of hydrogen-bond donors (Lipinski definition) is 0. The zero-order valence-corrected chi connectivity index (χ0v) is 10.2. The lowest BCUT2D eigenvalue weighted by Gasteiger charge is -2.44. The molecule has 3 atom stereocenters. The number of ether oxygens (including phenoxy) is 3. The van der Waals surface area contributed by atoms with Crippen LogP contribution in [0.4, 0.5) is 0 Å². The normalized spacial score (nSPS) is 37.6. The van der Waals surface area contributed by atoms with Gasteiger partial charge in [0.15, 0.2) is 5.79 Å². The fraction of sp³-hybridized carbons (Fsp3) is 0.917. The molecule has 1 heterocycles. The number of esters is 1. The predicted octanol–water partition coefficient (Wildman–Crippen LogP) is 1.73. The van der Waals surface area contributed by atoms with E-state index in [1.807, 2.05) is 13.8 Å². The molecule has 0 N–H and O–H groups in total. The van der Waals surface area contributed by atoms with Crippen LogP contribution in [0.3, 0.4) is 0 Å². The van der Waals surface area contributed by atoms with E-state index in [2.05, 4.69) is 0 Å². The van der Waals surface area contributed by atoms with Gasteiger partial charge in [0.1, 0.15) is 0 Å². The fourth-order valence-corrected chi connectivity index (χ4v) is 2.65. The zero-order chi connectivity index (χ0) is 11.8. The van der Waals surface area contributed by atoms with E-state index in [-0.39, 0.29) is 18.0 Å². The van der Waals surface area contributed by atoms with Crippen LogP contribution in [0.5, 0.6) is 0 Å². The Morgan fingerprint density at radius 2 is 2.12 bits per heavy atom. The third kappa shape index (κ3) is 2.38. The highest BCUT2D eigenvalue weighted by atomic mass is 16.7. The Hall–Kier alpha value is -0.610. The van der Waals surface area contributed by atoms with Crippen LogP contribution >= 0.6 is 0 Å². The van der Waals surface area contributed by atoms with E-state index in [0.29, 0.717) is 12.5 Å². The maximum atomic E-state index is 11.5. The molecule has 1 aliphatic heterocycles. The van der Waals surface area contributed by atoms with E-state index in [1.165, 1.54) is 7.11 Å². The Balaban J connectivity index is 1.95. The first-order valence-corrected chi connectivity index (χ1v) is 5.91. The number of carbonyl (C=O) groups excluding carboxylic acids is 1. The quantitative estimate of drug-likeness (QED) is 0.641. The number of carbonyl (C=O) groups is 1. The molecule has 0 aromatic heterocycles. The summed E-state index contributed by atoms with van der Waals surface area (Å²) in [5.74, 6) is -0.201. The Labute approximate surface area is 96.2 Å². The molecule has 1 aliphatic carbocycles. The van der Waals surface area contributed by atoms with Crippen molar-refractivity contribution in [2.24, 2.45) is 11.8 Å². The van der Waals surface area contributed by atoms with Gasteiger partial charge < -0.3 is 14.2 Å². The Morgan fingerprint density at radius 3 is 2.81 bits per heavy atom. The maximum Gasteiger partial charge on any atom is 0.308 e. The molecule has 4 nitrogen and oxygen atoms in total. The summed E-state index contributed by atoms with van der Waals surface area (Å²) >= 11 is 0. The SMILES string of the molecule is COC(=O)C1CCC2OC(C)(C)OCC2C1. The largest absolute Gasteiger partial charge is 0.469 e. The van der Waals surface area contributed by atoms with Crippen LogP contribution in [0, 0.1) is 11.8 Å². The molecule has 2 fully saturated rings. The van der Waals surface area contributed by atoms with Crippen LogP contribution in [0.15, 0.2) is 0 Å². The van der Waals surface area contributed by atoms with Gasteiger partial charge in [0.2, 0.25) is 0 Å². The molecule has 2 aliphatic rings. The molecular formula is C12H20O4. The lowest BCUT2D eigenvalue weighted by Crippen LogP contribution is -2.48. The number of rotatable bonds is 1. The minimum absolute atomic E-state index is 0.0275. The molecule has 1 saturated heterocycles. The Morgan fingerprint density at radius 1 is 1.38 bits per heavy atom. The molecule has 92 valence electrons. The molecule has 2 rings (SSSR count). The van der Waals surface area contributed by atoms with Gasteiger partial charge in [0.25, 0.3) is 0 Å². The molecule has 4 heteroatoms. The van der Waals surface area contributed by atoms with Crippen LogP contribution in [-0.4, -0.2) is 31.6 Å². The second-order valence-electron chi connectivity index (χ2n) is 5.16. The van der Waals surface area contributed by atoms with Crippen LogP contribution in [-0.2, 0) is 19.0 Å². The highest BCUT2D eigenvalue weighted by molar-refractivity contribution is 5.72. The van der Waals surface area contributed by atoms with Gasteiger partial charge in [-0.15, -0.1) is 0 Å². The lowest BCUT2D eigenvalue weighted by molar-refractivity contribution is -0.300. The van der Waals surface area contributed by atoms with E-state index in [4.69, 9.17) is 14.2 Å². The average Bonchev–Trinajstić information content (AvgIpc) is 2.26. The molecular weight excluding hydrogens is 208 g/mol. The van der Waals surface area contributed by atoms with Gasteiger partial charge in [0, 0.05) is 5.92 Å². The van der Waals surface area contributed by atoms with Crippen molar-refractivity contribution in [1.82, 2.24) is 0 Å². The average molecular weight is 228 g/mol. The van der Waals surface area contributed by atoms with Gasteiger partial charge in [0.05, 0.1) is 25.7 Å². The van der Waals surface area contributed by atoms with Crippen LogP contribution in [0.25, 0.3) is 0 Å². The van der Waals surface area contributed by atoms with Gasteiger partial charge >= 0.3 is 5.97 Å².